The fourth-order valence-corrected chi connectivity index (χ4v) is 3.15. The zero-order valence-corrected chi connectivity index (χ0v) is 14.6. The van der Waals surface area contributed by atoms with E-state index in [1.54, 1.807) is 25.4 Å². The Morgan fingerprint density at radius 2 is 1.85 bits per heavy atom. The lowest BCUT2D eigenvalue weighted by atomic mass is 10.0. The summed E-state index contributed by atoms with van der Waals surface area (Å²) in [5.74, 6) is 0.530. The standard InChI is InChI=1S/C21H18FN3O/c1-3-18-20(14-7-9-16(22)10-8-14)21-23-12-11-19(25(21)24-18)15-5-4-6-17(13-15)26-2/h4-13H,3H2,1-2H3. The van der Waals surface area contributed by atoms with Crippen LogP contribution in [0.3, 0.4) is 0 Å². The van der Waals surface area contributed by atoms with E-state index < -0.39 is 0 Å². The lowest BCUT2D eigenvalue weighted by molar-refractivity contribution is 0.415. The fraction of sp³-hybridized carbons (Fsp3) is 0.143. The first-order chi connectivity index (χ1) is 12.7. The number of aryl methyl sites for hydroxylation is 1. The number of fused-ring (bicyclic) bond motifs is 1. The van der Waals surface area contributed by atoms with Crippen LogP contribution in [0, 0.1) is 5.82 Å². The molecule has 0 saturated carbocycles. The molecule has 0 amide bonds. The van der Waals surface area contributed by atoms with Gasteiger partial charge in [0.1, 0.15) is 11.6 Å². The Hall–Kier alpha value is -3.21. The number of rotatable bonds is 4. The highest BCUT2D eigenvalue weighted by molar-refractivity contribution is 5.81. The predicted molar refractivity (Wildman–Crippen MR) is 99.7 cm³/mol. The second-order valence-electron chi connectivity index (χ2n) is 5.98. The number of nitrogens with zero attached hydrogens (tertiary/aromatic N) is 3. The van der Waals surface area contributed by atoms with Crippen LogP contribution < -0.4 is 4.74 Å². The highest BCUT2D eigenvalue weighted by Crippen LogP contribution is 2.31. The summed E-state index contributed by atoms with van der Waals surface area (Å²) in [5, 5.41) is 4.78. The molecule has 0 atom stereocenters. The van der Waals surface area contributed by atoms with Gasteiger partial charge in [-0.3, -0.25) is 0 Å². The Morgan fingerprint density at radius 3 is 2.58 bits per heavy atom. The normalized spacial score (nSPS) is 11.0. The number of halogens is 1. The molecule has 2 aromatic carbocycles. The van der Waals surface area contributed by atoms with Gasteiger partial charge in [0.2, 0.25) is 0 Å². The number of hydrogen-bond acceptors (Lipinski definition) is 3. The van der Waals surface area contributed by atoms with E-state index >= 15 is 0 Å². The van der Waals surface area contributed by atoms with Crippen molar-refractivity contribution in [2.75, 3.05) is 7.11 Å². The third kappa shape index (κ3) is 2.71. The minimum Gasteiger partial charge on any atom is -0.497 e. The van der Waals surface area contributed by atoms with Crippen molar-refractivity contribution in [3.8, 4) is 28.1 Å². The molecular formula is C21H18FN3O. The Labute approximate surface area is 150 Å². The van der Waals surface area contributed by atoms with Crippen molar-refractivity contribution >= 4 is 5.65 Å². The van der Waals surface area contributed by atoms with Gasteiger partial charge in [0.05, 0.1) is 18.5 Å². The van der Waals surface area contributed by atoms with Gasteiger partial charge in [0.15, 0.2) is 5.65 Å². The van der Waals surface area contributed by atoms with E-state index in [0.29, 0.717) is 0 Å². The Kier molecular flexibility index (Phi) is 4.13. The second kappa shape index (κ2) is 6.59. The van der Waals surface area contributed by atoms with E-state index in [2.05, 4.69) is 11.9 Å². The summed E-state index contributed by atoms with van der Waals surface area (Å²) < 4.78 is 20.5. The van der Waals surface area contributed by atoms with Crippen LogP contribution in [-0.2, 0) is 6.42 Å². The monoisotopic (exact) mass is 347 g/mol. The van der Waals surface area contributed by atoms with Crippen LogP contribution in [0.2, 0.25) is 0 Å². The molecule has 4 nitrogen and oxygen atoms in total. The molecule has 0 bridgehead atoms. The zero-order valence-electron chi connectivity index (χ0n) is 14.6. The highest BCUT2D eigenvalue weighted by atomic mass is 19.1. The summed E-state index contributed by atoms with van der Waals surface area (Å²) in [6.45, 7) is 2.06. The molecule has 0 spiro atoms. The molecule has 130 valence electrons. The molecular weight excluding hydrogens is 329 g/mol. The third-order valence-electron chi connectivity index (χ3n) is 4.42. The van der Waals surface area contributed by atoms with Crippen LogP contribution in [0.15, 0.2) is 60.8 Å². The largest absolute Gasteiger partial charge is 0.497 e. The number of benzene rings is 2. The SMILES string of the molecule is CCc1nn2c(-c3cccc(OC)c3)ccnc2c1-c1ccc(F)cc1. The van der Waals surface area contributed by atoms with Gasteiger partial charge < -0.3 is 4.74 Å². The Morgan fingerprint density at radius 1 is 1.04 bits per heavy atom. The molecule has 5 heteroatoms. The first-order valence-corrected chi connectivity index (χ1v) is 8.48. The van der Waals surface area contributed by atoms with Gasteiger partial charge in [-0.25, -0.2) is 13.9 Å². The van der Waals surface area contributed by atoms with Gasteiger partial charge in [-0.2, -0.15) is 5.10 Å². The number of hydrogen-bond donors (Lipinski definition) is 0. The van der Waals surface area contributed by atoms with Gasteiger partial charge in [-0.1, -0.05) is 31.2 Å². The van der Waals surface area contributed by atoms with Gasteiger partial charge in [0.25, 0.3) is 0 Å². The van der Waals surface area contributed by atoms with Crippen molar-refractivity contribution in [2.45, 2.75) is 13.3 Å². The van der Waals surface area contributed by atoms with Crippen LogP contribution in [0.4, 0.5) is 4.39 Å². The fourth-order valence-electron chi connectivity index (χ4n) is 3.15. The molecule has 2 aromatic heterocycles. The average molecular weight is 347 g/mol. The average Bonchev–Trinajstić information content (AvgIpc) is 3.07. The Balaban J connectivity index is 1.96. The lowest BCUT2D eigenvalue weighted by Gasteiger charge is -2.07. The quantitative estimate of drug-likeness (QED) is 0.534. The topological polar surface area (TPSA) is 39.4 Å². The minimum absolute atomic E-state index is 0.256. The maximum Gasteiger partial charge on any atom is 0.163 e. The summed E-state index contributed by atoms with van der Waals surface area (Å²) in [6, 6.07) is 16.2. The molecule has 4 rings (SSSR count). The van der Waals surface area contributed by atoms with Crippen molar-refractivity contribution in [3.05, 3.63) is 72.3 Å². The maximum atomic E-state index is 13.3. The van der Waals surface area contributed by atoms with Crippen molar-refractivity contribution in [1.82, 2.24) is 14.6 Å². The van der Waals surface area contributed by atoms with Crippen LogP contribution in [0.5, 0.6) is 5.75 Å². The smallest absolute Gasteiger partial charge is 0.163 e. The molecule has 4 aromatic rings. The van der Waals surface area contributed by atoms with Gasteiger partial charge >= 0.3 is 0 Å². The summed E-state index contributed by atoms with van der Waals surface area (Å²) in [4.78, 5) is 4.55. The summed E-state index contributed by atoms with van der Waals surface area (Å²) >= 11 is 0. The van der Waals surface area contributed by atoms with Crippen LogP contribution in [0.1, 0.15) is 12.6 Å². The lowest BCUT2D eigenvalue weighted by Crippen LogP contribution is -1.96. The van der Waals surface area contributed by atoms with E-state index in [0.717, 1.165) is 45.9 Å². The molecule has 0 saturated heterocycles. The first kappa shape index (κ1) is 16.3. The van der Waals surface area contributed by atoms with Gasteiger partial charge in [-0.15, -0.1) is 0 Å². The molecule has 0 aliphatic carbocycles. The van der Waals surface area contributed by atoms with E-state index in [9.17, 15) is 4.39 Å². The molecule has 0 radical (unpaired) electrons. The van der Waals surface area contributed by atoms with Gasteiger partial charge in [0, 0.05) is 17.3 Å². The summed E-state index contributed by atoms with van der Waals surface area (Å²) in [6.07, 6.45) is 2.53. The van der Waals surface area contributed by atoms with Crippen molar-refractivity contribution in [3.63, 3.8) is 0 Å². The van der Waals surface area contributed by atoms with E-state index in [-0.39, 0.29) is 5.82 Å². The Bertz CT molecular complexity index is 1070. The third-order valence-corrected chi connectivity index (χ3v) is 4.42. The first-order valence-electron chi connectivity index (χ1n) is 8.48. The second-order valence-corrected chi connectivity index (χ2v) is 5.98. The molecule has 0 aliphatic heterocycles. The van der Waals surface area contributed by atoms with E-state index in [1.165, 1.54) is 12.1 Å². The van der Waals surface area contributed by atoms with Crippen LogP contribution >= 0.6 is 0 Å². The molecule has 2 heterocycles. The molecule has 0 unspecified atom stereocenters. The van der Waals surface area contributed by atoms with Crippen molar-refractivity contribution in [2.24, 2.45) is 0 Å². The van der Waals surface area contributed by atoms with Crippen LogP contribution in [-0.4, -0.2) is 21.7 Å². The molecule has 0 aliphatic rings. The van der Waals surface area contributed by atoms with Gasteiger partial charge in [-0.05, 0) is 42.3 Å². The molecule has 26 heavy (non-hydrogen) atoms. The predicted octanol–water partition coefficient (Wildman–Crippen LogP) is 4.77. The van der Waals surface area contributed by atoms with E-state index in [4.69, 9.17) is 9.84 Å². The number of ether oxygens (including phenoxy) is 1. The minimum atomic E-state index is -0.256. The molecule has 0 fully saturated rings. The number of aromatic nitrogens is 3. The summed E-state index contributed by atoms with van der Waals surface area (Å²) in [5.41, 5.74) is 5.46. The van der Waals surface area contributed by atoms with E-state index in [1.807, 2.05) is 34.8 Å². The molecule has 0 N–H and O–H groups in total. The zero-order chi connectivity index (χ0) is 18.1. The highest BCUT2D eigenvalue weighted by Gasteiger charge is 2.17. The van der Waals surface area contributed by atoms with Crippen LogP contribution in [0.25, 0.3) is 28.0 Å². The van der Waals surface area contributed by atoms with Crippen molar-refractivity contribution < 1.29 is 9.13 Å². The summed E-state index contributed by atoms with van der Waals surface area (Å²) in [7, 11) is 1.65. The maximum absolute atomic E-state index is 13.3. The number of methoxy groups -OCH3 is 1. The van der Waals surface area contributed by atoms with Crippen molar-refractivity contribution in [1.29, 1.82) is 0 Å².